The highest BCUT2D eigenvalue weighted by atomic mass is 16.3. The molecule has 4 N–H and O–H groups in total. The minimum Gasteiger partial charge on any atom is -0.508 e. The second-order valence-corrected chi connectivity index (χ2v) is 4.93. The molecule has 4 nitrogen and oxygen atoms in total. The number of hydrogen-bond acceptors (Lipinski definition) is 3. The van der Waals surface area contributed by atoms with E-state index in [0.717, 1.165) is 22.2 Å². The van der Waals surface area contributed by atoms with Crippen LogP contribution in [0.1, 0.15) is 18.5 Å². The summed E-state index contributed by atoms with van der Waals surface area (Å²) < 4.78 is 0. The summed E-state index contributed by atoms with van der Waals surface area (Å²) >= 11 is 0. The van der Waals surface area contributed by atoms with E-state index in [1.807, 2.05) is 31.3 Å². The van der Waals surface area contributed by atoms with Crippen molar-refractivity contribution in [2.75, 3.05) is 5.32 Å². The molecule has 0 saturated carbocycles. The van der Waals surface area contributed by atoms with Crippen LogP contribution in [0.2, 0.25) is 0 Å². The van der Waals surface area contributed by atoms with Gasteiger partial charge in [-0.15, -0.1) is 0 Å². The third-order valence-electron chi connectivity index (χ3n) is 3.36. The van der Waals surface area contributed by atoms with Crippen LogP contribution >= 0.6 is 0 Å². The number of phenols is 2. The monoisotopic (exact) mass is 268 g/mol. The number of rotatable bonds is 3. The van der Waals surface area contributed by atoms with E-state index in [1.54, 1.807) is 12.1 Å². The Labute approximate surface area is 116 Å². The minimum atomic E-state index is -0.0237. The lowest BCUT2D eigenvalue weighted by atomic mass is 10.1. The molecule has 0 aliphatic heterocycles. The molecule has 3 aromatic rings. The first-order chi connectivity index (χ1) is 9.61. The normalized spacial score (nSPS) is 12.4. The van der Waals surface area contributed by atoms with Crippen LogP contribution in [0.3, 0.4) is 0 Å². The predicted octanol–water partition coefficient (Wildman–Crippen LogP) is 3.75. The van der Waals surface area contributed by atoms with E-state index >= 15 is 0 Å². The average molecular weight is 268 g/mol. The first kappa shape index (κ1) is 12.4. The molecule has 1 unspecified atom stereocenters. The van der Waals surface area contributed by atoms with Gasteiger partial charge < -0.3 is 20.5 Å². The van der Waals surface area contributed by atoms with Gasteiger partial charge in [0.2, 0.25) is 0 Å². The largest absolute Gasteiger partial charge is 0.508 e. The highest BCUT2D eigenvalue weighted by molar-refractivity contribution is 5.83. The summed E-state index contributed by atoms with van der Waals surface area (Å²) in [5, 5.41) is 23.6. The van der Waals surface area contributed by atoms with Crippen molar-refractivity contribution in [2.24, 2.45) is 0 Å². The Bertz CT molecular complexity index is 729. The number of fused-ring (bicyclic) bond motifs is 1. The molecule has 0 aliphatic rings. The van der Waals surface area contributed by atoms with Gasteiger partial charge in [0.25, 0.3) is 0 Å². The number of aromatic amines is 1. The Hall–Kier alpha value is -2.62. The smallest absolute Gasteiger partial charge is 0.119 e. The van der Waals surface area contributed by atoms with Crippen molar-refractivity contribution in [3.63, 3.8) is 0 Å². The highest BCUT2D eigenvalue weighted by Gasteiger charge is 2.08. The van der Waals surface area contributed by atoms with Gasteiger partial charge in [0.05, 0.1) is 0 Å². The quantitative estimate of drug-likeness (QED) is 0.584. The Morgan fingerprint density at radius 1 is 1.00 bits per heavy atom. The van der Waals surface area contributed by atoms with Gasteiger partial charge in [0, 0.05) is 34.9 Å². The van der Waals surface area contributed by atoms with Crippen LogP contribution in [-0.2, 0) is 0 Å². The molecule has 0 amide bonds. The summed E-state index contributed by atoms with van der Waals surface area (Å²) in [7, 11) is 0. The lowest BCUT2D eigenvalue weighted by Crippen LogP contribution is -2.06. The molecular formula is C16H16N2O2. The van der Waals surface area contributed by atoms with Gasteiger partial charge in [0.1, 0.15) is 11.5 Å². The van der Waals surface area contributed by atoms with Gasteiger partial charge in [-0.25, -0.2) is 0 Å². The van der Waals surface area contributed by atoms with Crippen LogP contribution < -0.4 is 5.32 Å². The van der Waals surface area contributed by atoms with Gasteiger partial charge in [0.15, 0.2) is 0 Å². The zero-order valence-corrected chi connectivity index (χ0v) is 11.1. The fraction of sp³-hybridized carbons (Fsp3) is 0.125. The summed E-state index contributed by atoms with van der Waals surface area (Å²) in [6.07, 6.45) is 1.91. The van der Waals surface area contributed by atoms with Crippen molar-refractivity contribution in [1.29, 1.82) is 0 Å². The van der Waals surface area contributed by atoms with Crippen LogP contribution in [0.5, 0.6) is 11.5 Å². The van der Waals surface area contributed by atoms with Crippen molar-refractivity contribution in [1.82, 2.24) is 4.98 Å². The molecule has 102 valence electrons. The van der Waals surface area contributed by atoms with Crippen LogP contribution in [0, 0.1) is 0 Å². The van der Waals surface area contributed by atoms with Crippen molar-refractivity contribution in [2.45, 2.75) is 13.0 Å². The van der Waals surface area contributed by atoms with E-state index in [-0.39, 0.29) is 17.5 Å². The molecule has 0 aliphatic carbocycles. The molecule has 2 aromatic carbocycles. The lowest BCUT2D eigenvalue weighted by molar-refractivity contribution is 0.448. The van der Waals surface area contributed by atoms with Gasteiger partial charge in [-0.2, -0.15) is 0 Å². The van der Waals surface area contributed by atoms with Gasteiger partial charge in [-0.1, -0.05) is 0 Å². The zero-order valence-electron chi connectivity index (χ0n) is 11.1. The Morgan fingerprint density at radius 3 is 2.50 bits per heavy atom. The summed E-state index contributed by atoms with van der Waals surface area (Å²) in [6.45, 7) is 1.98. The lowest BCUT2D eigenvalue weighted by Gasteiger charge is -2.16. The third-order valence-corrected chi connectivity index (χ3v) is 3.36. The summed E-state index contributed by atoms with van der Waals surface area (Å²) in [5.74, 6) is 0.129. The molecular weight excluding hydrogens is 252 g/mol. The topological polar surface area (TPSA) is 68.3 Å². The molecule has 0 saturated heterocycles. The number of hydrogen-bond donors (Lipinski definition) is 4. The molecule has 4 heteroatoms. The summed E-state index contributed by atoms with van der Waals surface area (Å²) in [4.78, 5) is 3.15. The summed E-state index contributed by atoms with van der Waals surface area (Å²) in [6, 6.07) is 12.7. The standard InChI is InChI=1S/C16H16N2O2/c1-10(12-7-14(19)9-15(20)8-12)18-13-2-3-16-11(6-13)4-5-17-16/h2-10,17-20H,1H3. The fourth-order valence-corrected chi connectivity index (χ4v) is 2.34. The number of anilines is 1. The molecule has 1 atom stereocenters. The first-order valence-electron chi connectivity index (χ1n) is 6.48. The molecule has 0 radical (unpaired) electrons. The second kappa shape index (κ2) is 4.81. The molecule has 0 spiro atoms. The van der Waals surface area contributed by atoms with E-state index in [0.29, 0.717) is 0 Å². The van der Waals surface area contributed by atoms with Crippen molar-refractivity contribution < 1.29 is 10.2 Å². The number of H-pyrrole nitrogens is 1. The molecule has 0 fully saturated rings. The number of aromatic nitrogens is 1. The maximum absolute atomic E-state index is 9.53. The molecule has 3 rings (SSSR count). The Balaban J connectivity index is 1.85. The number of benzene rings is 2. The zero-order chi connectivity index (χ0) is 14.1. The number of aromatic hydroxyl groups is 2. The Morgan fingerprint density at radius 2 is 1.75 bits per heavy atom. The van der Waals surface area contributed by atoms with E-state index in [2.05, 4.69) is 16.4 Å². The Kier molecular flexibility index (Phi) is 2.99. The van der Waals surface area contributed by atoms with Gasteiger partial charge in [-0.3, -0.25) is 0 Å². The van der Waals surface area contributed by atoms with E-state index in [4.69, 9.17) is 0 Å². The van der Waals surface area contributed by atoms with E-state index < -0.39 is 0 Å². The number of phenolic OH excluding ortho intramolecular Hbond substituents is 2. The maximum Gasteiger partial charge on any atom is 0.119 e. The summed E-state index contributed by atoms with van der Waals surface area (Å²) in [5.41, 5.74) is 2.92. The van der Waals surface area contributed by atoms with E-state index in [9.17, 15) is 10.2 Å². The molecule has 1 heterocycles. The van der Waals surface area contributed by atoms with Crippen molar-refractivity contribution >= 4 is 16.6 Å². The predicted molar refractivity (Wildman–Crippen MR) is 80.1 cm³/mol. The molecule has 0 bridgehead atoms. The van der Waals surface area contributed by atoms with Crippen molar-refractivity contribution in [3.8, 4) is 11.5 Å². The molecule has 20 heavy (non-hydrogen) atoms. The average Bonchev–Trinajstić information content (AvgIpc) is 2.85. The molecule has 1 aromatic heterocycles. The van der Waals surface area contributed by atoms with Gasteiger partial charge in [-0.05, 0) is 48.9 Å². The van der Waals surface area contributed by atoms with Crippen LogP contribution in [0.25, 0.3) is 10.9 Å². The number of nitrogens with one attached hydrogen (secondary N) is 2. The fourth-order valence-electron chi connectivity index (χ4n) is 2.34. The second-order valence-electron chi connectivity index (χ2n) is 4.93. The van der Waals surface area contributed by atoms with Crippen LogP contribution in [0.15, 0.2) is 48.7 Å². The van der Waals surface area contributed by atoms with E-state index in [1.165, 1.54) is 6.07 Å². The minimum absolute atomic E-state index is 0.0237. The SMILES string of the molecule is CC(Nc1ccc2[nH]ccc2c1)c1cc(O)cc(O)c1. The first-order valence-corrected chi connectivity index (χ1v) is 6.48. The maximum atomic E-state index is 9.53. The third kappa shape index (κ3) is 2.40. The highest BCUT2D eigenvalue weighted by Crippen LogP contribution is 2.28. The van der Waals surface area contributed by atoms with Crippen LogP contribution in [-0.4, -0.2) is 15.2 Å². The van der Waals surface area contributed by atoms with Gasteiger partial charge >= 0.3 is 0 Å². The van der Waals surface area contributed by atoms with Crippen molar-refractivity contribution in [3.05, 3.63) is 54.2 Å². The van der Waals surface area contributed by atoms with Crippen LogP contribution in [0.4, 0.5) is 5.69 Å².